The Labute approximate surface area is 127 Å². The van der Waals surface area contributed by atoms with E-state index in [4.69, 9.17) is 0 Å². The Balaban J connectivity index is 0.00000147. The second kappa shape index (κ2) is 6.59. The van der Waals surface area contributed by atoms with E-state index in [9.17, 15) is 4.79 Å². The van der Waals surface area contributed by atoms with Crippen molar-refractivity contribution in [1.29, 1.82) is 0 Å². The second-order valence-electron chi connectivity index (χ2n) is 5.97. The average molecular weight is 295 g/mol. The summed E-state index contributed by atoms with van der Waals surface area (Å²) in [6, 6.07) is 10.1. The van der Waals surface area contributed by atoms with Gasteiger partial charge in [-0.25, -0.2) is 0 Å². The number of halogens is 1. The van der Waals surface area contributed by atoms with Crippen molar-refractivity contribution in [2.45, 2.75) is 25.7 Å². The van der Waals surface area contributed by atoms with Crippen molar-refractivity contribution in [2.75, 3.05) is 26.2 Å². The predicted octanol–water partition coefficient (Wildman–Crippen LogP) is 2.25. The van der Waals surface area contributed by atoms with E-state index in [1.807, 2.05) is 30.3 Å². The number of rotatable bonds is 2. The molecule has 0 atom stereocenters. The van der Waals surface area contributed by atoms with Crippen molar-refractivity contribution in [3.8, 4) is 0 Å². The first-order chi connectivity index (χ1) is 9.27. The van der Waals surface area contributed by atoms with Gasteiger partial charge in [-0.2, -0.15) is 0 Å². The number of hydrogen-bond acceptors (Lipinski definition) is 2. The van der Waals surface area contributed by atoms with Gasteiger partial charge >= 0.3 is 0 Å². The third-order valence-corrected chi connectivity index (χ3v) is 4.71. The van der Waals surface area contributed by atoms with Crippen LogP contribution in [0.1, 0.15) is 24.8 Å². The fourth-order valence-electron chi connectivity index (χ4n) is 3.34. The van der Waals surface area contributed by atoms with Crippen LogP contribution in [0, 0.1) is 5.41 Å². The molecule has 3 rings (SSSR count). The Morgan fingerprint density at radius 2 is 1.85 bits per heavy atom. The van der Waals surface area contributed by atoms with Gasteiger partial charge in [-0.15, -0.1) is 12.4 Å². The van der Waals surface area contributed by atoms with Crippen LogP contribution in [-0.2, 0) is 11.2 Å². The van der Waals surface area contributed by atoms with Crippen molar-refractivity contribution in [2.24, 2.45) is 5.41 Å². The molecule has 2 aliphatic rings. The number of amides is 1. The topological polar surface area (TPSA) is 32.3 Å². The first kappa shape index (κ1) is 15.3. The molecule has 0 unspecified atom stereocenters. The fraction of sp³-hybridized carbons (Fsp3) is 0.562. The molecule has 1 aromatic rings. The molecule has 3 nitrogen and oxygen atoms in total. The monoisotopic (exact) mass is 294 g/mol. The zero-order valence-electron chi connectivity index (χ0n) is 11.8. The molecule has 2 aliphatic heterocycles. The maximum atomic E-state index is 12.3. The lowest BCUT2D eigenvalue weighted by Crippen LogP contribution is -2.44. The maximum absolute atomic E-state index is 12.3. The summed E-state index contributed by atoms with van der Waals surface area (Å²) in [5.74, 6) is 0.284. The van der Waals surface area contributed by atoms with Gasteiger partial charge in [-0.3, -0.25) is 4.79 Å². The van der Waals surface area contributed by atoms with Crippen LogP contribution >= 0.6 is 12.4 Å². The minimum absolute atomic E-state index is 0. The molecule has 0 saturated carbocycles. The van der Waals surface area contributed by atoms with Crippen LogP contribution in [0.15, 0.2) is 30.3 Å². The van der Waals surface area contributed by atoms with E-state index in [2.05, 4.69) is 10.2 Å². The molecule has 0 aliphatic carbocycles. The van der Waals surface area contributed by atoms with E-state index < -0.39 is 0 Å². The summed E-state index contributed by atoms with van der Waals surface area (Å²) >= 11 is 0. The molecule has 0 aromatic heterocycles. The number of hydrogen-bond donors (Lipinski definition) is 1. The van der Waals surface area contributed by atoms with E-state index in [1.165, 1.54) is 19.3 Å². The van der Waals surface area contributed by atoms with Crippen molar-refractivity contribution < 1.29 is 4.79 Å². The SMILES string of the molecule is Cl.O=C(Cc1ccccc1)N1CCC2(CCNC2)CC1. The number of likely N-dealkylation sites (tertiary alicyclic amines) is 1. The molecule has 0 bridgehead atoms. The van der Waals surface area contributed by atoms with Crippen LogP contribution < -0.4 is 5.32 Å². The van der Waals surface area contributed by atoms with Gasteiger partial charge < -0.3 is 10.2 Å². The molecule has 4 heteroatoms. The van der Waals surface area contributed by atoms with E-state index in [0.717, 1.165) is 31.7 Å². The van der Waals surface area contributed by atoms with Gasteiger partial charge in [0.15, 0.2) is 0 Å². The molecule has 1 N–H and O–H groups in total. The summed E-state index contributed by atoms with van der Waals surface area (Å²) in [4.78, 5) is 14.3. The fourth-order valence-corrected chi connectivity index (χ4v) is 3.34. The summed E-state index contributed by atoms with van der Waals surface area (Å²) in [6.45, 7) is 4.17. The highest BCUT2D eigenvalue weighted by atomic mass is 35.5. The maximum Gasteiger partial charge on any atom is 0.226 e. The molecule has 2 fully saturated rings. The lowest BCUT2D eigenvalue weighted by atomic mass is 9.78. The summed E-state index contributed by atoms with van der Waals surface area (Å²) in [7, 11) is 0. The molecular formula is C16H23ClN2O. The van der Waals surface area contributed by atoms with Crippen LogP contribution in [0.25, 0.3) is 0 Å². The second-order valence-corrected chi connectivity index (χ2v) is 5.97. The highest BCUT2D eigenvalue weighted by Crippen LogP contribution is 2.36. The highest BCUT2D eigenvalue weighted by Gasteiger charge is 2.37. The minimum atomic E-state index is 0. The molecular weight excluding hydrogens is 272 g/mol. The molecule has 1 spiro atoms. The van der Waals surface area contributed by atoms with Gasteiger partial charge in [-0.05, 0) is 36.8 Å². The van der Waals surface area contributed by atoms with Gasteiger partial charge in [0.2, 0.25) is 5.91 Å². The first-order valence-electron chi connectivity index (χ1n) is 7.30. The normalized spacial score (nSPS) is 20.7. The third-order valence-electron chi connectivity index (χ3n) is 4.71. The number of carbonyl (C=O) groups is 1. The van der Waals surface area contributed by atoms with Crippen molar-refractivity contribution in [3.05, 3.63) is 35.9 Å². The first-order valence-corrected chi connectivity index (χ1v) is 7.30. The Hall–Kier alpha value is -1.06. The average Bonchev–Trinajstić information content (AvgIpc) is 2.89. The number of nitrogens with zero attached hydrogens (tertiary/aromatic N) is 1. The van der Waals surface area contributed by atoms with Crippen LogP contribution in [0.4, 0.5) is 0 Å². The van der Waals surface area contributed by atoms with E-state index >= 15 is 0 Å². The van der Waals surface area contributed by atoms with E-state index in [1.54, 1.807) is 0 Å². The molecule has 1 amide bonds. The summed E-state index contributed by atoms with van der Waals surface area (Å²) < 4.78 is 0. The summed E-state index contributed by atoms with van der Waals surface area (Å²) in [5, 5.41) is 3.46. The number of carbonyl (C=O) groups excluding carboxylic acids is 1. The van der Waals surface area contributed by atoms with Gasteiger partial charge in [0.05, 0.1) is 6.42 Å². The van der Waals surface area contributed by atoms with Crippen molar-refractivity contribution in [1.82, 2.24) is 10.2 Å². The minimum Gasteiger partial charge on any atom is -0.342 e. The van der Waals surface area contributed by atoms with Gasteiger partial charge in [0.25, 0.3) is 0 Å². The molecule has 0 radical (unpaired) electrons. The van der Waals surface area contributed by atoms with Gasteiger partial charge in [0.1, 0.15) is 0 Å². The number of nitrogens with one attached hydrogen (secondary N) is 1. The van der Waals surface area contributed by atoms with Crippen LogP contribution in [-0.4, -0.2) is 37.0 Å². The predicted molar refractivity (Wildman–Crippen MR) is 83.1 cm³/mol. The van der Waals surface area contributed by atoms with E-state index in [0.29, 0.717) is 11.8 Å². The zero-order valence-corrected chi connectivity index (χ0v) is 12.6. The molecule has 2 heterocycles. The highest BCUT2D eigenvalue weighted by molar-refractivity contribution is 5.85. The van der Waals surface area contributed by atoms with Crippen LogP contribution in [0.5, 0.6) is 0 Å². The van der Waals surface area contributed by atoms with Crippen molar-refractivity contribution >= 4 is 18.3 Å². The van der Waals surface area contributed by atoms with Crippen LogP contribution in [0.3, 0.4) is 0 Å². The lowest BCUT2D eigenvalue weighted by Gasteiger charge is -2.39. The number of piperidine rings is 1. The largest absolute Gasteiger partial charge is 0.342 e. The lowest BCUT2D eigenvalue weighted by molar-refractivity contribution is -0.132. The Morgan fingerprint density at radius 3 is 2.45 bits per heavy atom. The van der Waals surface area contributed by atoms with Crippen molar-refractivity contribution in [3.63, 3.8) is 0 Å². The Morgan fingerprint density at radius 1 is 1.15 bits per heavy atom. The zero-order chi connectivity index (χ0) is 13.1. The molecule has 20 heavy (non-hydrogen) atoms. The molecule has 1 aromatic carbocycles. The van der Waals surface area contributed by atoms with E-state index in [-0.39, 0.29) is 18.3 Å². The molecule has 110 valence electrons. The Kier molecular flexibility index (Phi) is 5.06. The summed E-state index contributed by atoms with van der Waals surface area (Å²) in [6.07, 6.45) is 4.17. The standard InChI is InChI=1S/C16H22N2O.ClH/c19-15(12-14-4-2-1-3-5-14)18-10-7-16(8-11-18)6-9-17-13-16;/h1-5,17H,6-13H2;1H. The summed E-state index contributed by atoms with van der Waals surface area (Å²) in [5.41, 5.74) is 1.61. The van der Waals surface area contributed by atoms with Gasteiger partial charge in [0, 0.05) is 19.6 Å². The Bertz CT molecular complexity index is 433. The van der Waals surface area contributed by atoms with Gasteiger partial charge in [-0.1, -0.05) is 30.3 Å². The quantitative estimate of drug-likeness (QED) is 0.907. The van der Waals surface area contributed by atoms with Crippen LogP contribution in [0.2, 0.25) is 0 Å². The smallest absolute Gasteiger partial charge is 0.226 e. The molecule has 2 saturated heterocycles. The third kappa shape index (κ3) is 3.33. The number of benzene rings is 1.